The summed E-state index contributed by atoms with van der Waals surface area (Å²) in [6.07, 6.45) is 6.12. The van der Waals surface area contributed by atoms with Crippen molar-refractivity contribution in [2.45, 2.75) is 104 Å². The summed E-state index contributed by atoms with van der Waals surface area (Å²) in [6.45, 7) is 23.5. The van der Waals surface area contributed by atoms with Gasteiger partial charge in [-0.1, -0.05) is 102 Å². The zero-order valence-electron chi connectivity index (χ0n) is 30.3. The van der Waals surface area contributed by atoms with Gasteiger partial charge in [0.05, 0.1) is 49.1 Å². The van der Waals surface area contributed by atoms with E-state index in [1.807, 2.05) is 36.4 Å². The van der Waals surface area contributed by atoms with Crippen molar-refractivity contribution in [2.24, 2.45) is 0 Å². The van der Waals surface area contributed by atoms with E-state index in [0.29, 0.717) is 36.9 Å². The van der Waals surface area contributed by atoms with Crippen molar-refractivity contribution in [2.75, 3.05) is 0 Å². The first-order valence-electron chi connectivity index (χ1n) is 16.3. The van der Waals surface area contributed by atoms with Crippen LogP contribution in [0.15, 0.2) is 85.5 Å². The molecule has 2 heterocycles. The van der Waals surface area contributed by atoms with E-state index in [1.54, 1.807) is 12.4 Å². The van der Waals surface area contributed by atoms with Crippen molar-refractivity contribution >= 4 is 16.6 Å². The maximum atomic E-state index is 9.60. The van der Waals surface area contributed by atoms with Gasteiger partial charge in [0.2, 0.25) is 0 Å². The zero-order valence-corrected chi connectivity index (χ0v) is 32.3. The molecule has 0 radical (unpaired) electrons. The molecule has 0 unspecified atom stereocenters. The first kappa shape index (κ1) is 38.7. The molecular formula is C38H54N2O6Si2. The normalized spacial score (nSPS) is 12.2. The van der Waals surface area contributed by atoms with E-state index < -0.39 is 16.6 Å². The molecule has 8 nitrogen and oxygen atoms in total. The van der Waals surface area contributed by atoms with Gasteiger partial charge in [-0.25, -0.2) is 0 Å². The van der Waals surface area contributed by atoms with Crippen molar-refractivity contribution in [1.82, 2.24) is 9.97 Å². The van der Waals surface area contributed by atoms with E-state index in [0.717, 1.165) is 16.7 Å². The largest absolute Gasteiger partial charge is 0.506 e. The fraction of sp³-hybridized carbons (Fsp3) is 0.421. The smallest absolute Gasteiger partial charge is 0.192 e. The lowest BCUT2D eigenvalue weighted by Gasteiger charge is -2.36. The van der Waals surface area contributed by atoms with Crippen LogP contribution in [0.25, 0.3) is 0 Å². The number of nitrogens with zero attached hydrogens (tertiary/aromatic N) is 2. The van der Waals surface area contributed by atoms with Crippen LogP contribution in [0.5, 0.6) is 23.0 Å². The number of hydrogen-bond donors (Lipinski definition) is 2. The fourth-order valence-electron chi connectivity index (χ4n) is 3.86. The van der Waals surface area contributed by atoms with Crippen molar-refractivity contribution in [1.29, 1.82) is 0 Å². The Morgan fingerprint density at radius 1 is 0.521 bits per heavy atom. The van der Waals surface area contributed by atoms with Crippen LogP contribution in [0.1, 0.15) is 63.8 Å². The van der Waals surface area contributed by atoms with Gasteiger partial charge in [-0.3, -0.25) is 9.97 Å². The van der Waals surface area contributed by atoms with Gasteiger partial charge in [-0.2, -0.15) is 0 Å². The average molecular weight is 691 g/mol. The molecule has 260 valence electrons. The lowest BCUT2D eigenvalue weighted by molar-refractivity contribution is 0.239. The summed E-state index contributed by atoms with van der Waals surface area (Å²) in [5.41, 5.74) is 3.53. The maximum Gasteiger partial charge on any atom is 0.192 e. The van der Waals surface area contributed by atoms with Crippen molar-refractivity contribution in [3.8, 4) is 23.0 Å². The number of benzene rings is 2. The predicted molar refractivity (Wildman–Crippen MR) is 197 cm³/mol. The Hall–Kier alpha value is -3.71. The van der Waals surface area contributed by atoms with Gasteiger partial charge in [0.15, 0.2) is 16.6 Å². The molecule has 0 amide bonds. The molecule has 0 saturated heterocycles. The third-order valence-corrected chi connectivity index (χ3v) is 18.2. The minimum atomic E-state index is -1.94. The molecule has 2 aromatic carbocycles. The first-order valence-corrected chi connectivity index (χ1v) is 22.2. The minimum absolute atomic E-state index is 0.0243. The summed E-state index contributed by atoms with van der Waals surface area (Å²) in [4.78, 5) is 8.06. The highest BCUT2D eigenvalue weighted by molar-refractivity contribution is 6.74. The Balaban J connectivity index is 0.000000311. The molecule has 0 spiro atoms. The first-order chi connectivity index (χ1) is 22.4. The second kappa shape index (κ2) is 16.6. The summed E-state index contributed by atoms with van der Waals surface area (Å²) in [5.74, 6) is 1.36. The second-order valence-electron chi connectivity index (χ2n) is 14.9. The molecule has 2 N–H and O–H groups in total. The number of aromatic nitrogens is 2. The van der Waals surface area contributed by atoms with Gasteiger partial charge in [0.1, 0.15) is 36.2 Å². The summed E-state index contributed by atoms with van der Waals surface area (Å²) in [7, 11) is -3.82. The molecule has 0 aliphatic heterocycles. The van der Waals surface area contributed by atoms with Crippen LogP contribution in [0.4, 0.5) is 0 Å². The Labute approximate surface area is 289 Å². The second-order valence-corrected chi connectivity index (χ2v) is 24.5. The Morgan fingerprint density at radius 3 is 1.25 bits per heavy atom. The molecular weight excluding hydrogens is 637 g/mol. The number of aromatic hydroxyl groups is 2. The van der Waals surface area contributed by atoms with E-state index in [1.165, 1.54) is 12.4 Å². The predicted octanol–water partition coefficient (Wildman–Crippen LogP) is 9.78. The maximum absolute atomic E-state index is 9.60. The minimum Gasteiger partial charge on any atom is -0.506 e. The number of ether oxygens (including phenoxy) is 2. The molecule has 0 bridgehead atoms. The van der Waals surface area contributed by atoms with E-state index in [9.17, 15) is 10.2 Å². The Kier molecular flexibility index (Phi) is 13.4. The molecule has 4 aromatic rings. The molecule has 0 aliphatic rings. The molecule has 0 atom stereocenters. The van der Waals surface area contributed by atoms with Gasteiger partial charge in [-0.05, 0) is 47.4 Å². The van der Waals surface area contributed by atoms with Crippen molar-refractivity contribution in [3.05, 3.63) is 108 Å². The Bertz CT molecular complexity index is 1490. The summed E-state index contributed by atoms with van der Waals surface area (Å²) in [6, 6.07) is 20.3. The SMILES string of the molecule is CC(C)(C)[Si](C)(C)OCc1c(O)cncc1O.CC(C)(C)[Si](C)(C)OCc1c(OCc2ccccc2)cncc1OCc1ccccc1. The van der Waals surface area contributed by atoms with Gasteiger partial charge < -0.3 is 28.5 Å². The molecule has 0 saturated carbocycles. The zero-order chi connectivity index (χ0) is 35.6. The highest BCUT2D eigenvalue weighted by atomic mass is 28.4. The van der Waals surface area contributed by atoms with Gasteiger partial charge in [0, 0.05) is 0 Å². The Morgan fingerprint density at radius 2 is 0.875 bits per heavy atom. The number of hydrogen-bond acceptors (Lipinski definition) is 8. The quantitative estimate of drug-likeness (QED) is 0.142. The summed E-state index contributed by atoms with van der Waals surface area (Å²) < 4.78 is 24.8. The van der Waals surface area contributed by atoms with Crippen molar-refractivity contribution in [3.63, 3.8) is 0 Å². The standard InChI is InChI=1S/C26H33NO3Si.C12H21NO3Si/c1-26(2,3)31(4,5)30-20-23-24(28-18-21-12-8-6-9-13-21)16-27-17-25(23)29-19-22-14-10-7-11-15-22;1-12(2,3)17(4,5)16-8-9-10(14)6-13-7-11(9)15/h6-17H,18-20H2,1-5H3;6-7,14-15H,8H2,1-5H3. The van der Waals surface area contributed by atoms with Crippen LogP contribution in [-0.4, -0.2) is 36.8 Å². The summed E-state index contributed by atoms with van der Waals surface area (Å²) >= 11 is 0. The van der Waals surface area contributed by atoms with Gasteiger partial charge >= 0.3 is 0 Å². The van der Waals surface area contributed by atoms with E-state index in [2.05, 4.69) is 102 Å². The molecule has 2 aromatic heterocycles. The van der Waals surface area contributed by atoms with Gasteiger partial charge in [0.25, 0.3) is 0 Å². The highest BCUT2D eigenvalue weighted by Crippen LogP contribution is 2.40. The molecule has 0 aliphatic carbocycles. The third kappa shape index (κ3) is 11.2. The third-order valence-electron chi connectivity index (χ3n) is 9.23. The lowest BCUT2D eigenvalue weighted by atomic mass is 10.2. The summed E-state index contributed by atoms with van der Waals surface area (Å²) in [5, 5.41) is 19.4. The topological polar surface area (TPSA) is 103 Å². The highest BCUT2D eigenvalue weighted by Gasteiger charge is 2.38. The van der Waals surface area contributed by atoms with Crippen LogP contribution < -0.4 is 9.47 Å². The van der Waals surface area contributed by atoms with E-state index >= 15 is 0 Å². The fourth-order valence-corrected chi connectivity index (χ4v) is 5.74. The monoisotopic (exact) mass is 690 g/mol. The lowest BCUT2D eigenvalue weighted by Crippen LogP contribution is -2.40. The van der Waals surface area contributed by atoms with Crippen LogP contribution in [-0.2, 0) is 35.3 Å². The molecule has 48 heavy (non-hydrogen) atoms. The van der Waals surface area contributed by atoms with Gasteiger partial charge in [-0.15, -0.1) is 0 Å². The molecule has 0 fully saturated rings. The van der Waals surface area contributed by atoms with E-state index in [4.69, 9.17) is 18.3 Å². The average Bonchev–Trinajstić information content (AvgIpc) is 3.02. The van der Waals surface area contributed by atoms with Crippen LogP contribution in [0.3, 0.4) is 0 Å². The molecule has 10 heteroatoms. The van der Waals surface area contributed by atoms with Crippen molar-refractivity contribution < 1.29 is 28.5 Å². The van der Waals surface area contributed by atoms with E-state index in [-0.39, 0.29) is 28.2 Å². The van der Waals surface area contributed by atoms with Crippen LogP contribution in [0, 0.1) is 0 Å². The number of pyridine rings is 2. The molecule has 4 rings (SSSR count). The number of rotatable bonds is 12. The van der Waals surface area contributed by atoms with Crippen LogP contribution >= 0.6 is 0 Å². The van der Waals surface area contributed by atoms with Crippen LogP contribution in [0.2, 0.25) is 36.3 Å².